The van der Waals surface area contributed by atoms with Crippen LogP contribution in [-0.4, -0.2) is 42.2 Å². The number of rotatable bonds is 8. The Morgan fingerprint density at radius 1 is 1.33 bits per heavy atom. The summed E-state index contributed by atoms with van der Waals surface area (Å²) in [6.45, 7) is 5.43. The number of anilines is 1. The molecule has 0 unspecified atom stereocenters. The average molecular weight is 333 g/mol. The van der Waals surface area contributed by atoms with Crippen LogP contribution in [0.25, 0.3) is 0 Å². The molecule has 118 valence electrons. The van der Waals surface area contributed by atoms with E-state index in [1.54, 1.807) is 12.1 Å². The van der Waals surface area contributed by atoms with E-state index in [2.05, 4.69) is 12.2 Å². The van der Waals surface area contributed by atoms with Gasteiger partial charge in [0.2, 0.25) is 5.91 Å². The quantitative estimate of drug-likeness (QED) is 0.767. The van der Waals surface area contributed by atoms with Crippen molar-refractivity contribution in [3.63, 3.8) is 0 Å². The summed E-state index contributed by atoms with van der Waals surface area (Å²) in [6, 6.07) is 3.51. The zero-order valence-corrected chi connectivity index (χ0v) is 14.0. The number of unbranched alkanes of at least 4 members (excludes halogenated alkanes) is 1. The molecule has 21 heavy (non-hydrogen) atoms. The van der Waals surface area contributed by atoms with Crippen molar-refractivity contribution >= 4 is 34.8 Å². The maximum Gasteiger partial charge on any atom is 0.238 e. The summed E-state index contributed by atoms with van der Waals surface area (Å²) in [4.78, 5) is 14.0. The van der Waals surface area contributed by atoms with Crippen molar-refractivity contribution in [3.8, 4) is 0 Å². The fraction of sp³-hybridized carbons (Fsp3) is 0.533. The number of hydrogen-bond acceptors (Lipinski definition) is 3. The summed E-state index contributed by atoms with van der Waals surface area (Å²) in [7, 11) is 0. The van der Waals surface area contributed by atoms with E-state index in [1.165, 1.54) is 0 Å². The second-order valence-electron chi connectivity index (χ2n) is 4.95. The third-order valence-corrected chi connectivity index (χ3v) is 3.96. The molecule has 1 aromatic rings. The van der Waals surface area contributed by atoms with Crippen LogP contribution >= 0.6 is 23.2 Å². The first-order chi connectivity index (χ1) is 9.99. The third kappa shape index (κ3) is 5.83. The number of carbonyl (C=O) groups excluding carboxylic acids is 1. The molecule has 0 aliphatic rings. The zero-order chi connectivity index (χ0) is 15.8. The molecule has 0 aromatic heterocycles. The van der Waals surface area contributed by atoms with Crippen molar-refractivity contribution in [2.75, 3.05) is 31.6 Å². The van der Waals surface area contributed by atoms with E-state index in [0.717, 1.165) is 24.9 Å². The molecule has 0 spiro atoms. The highest BCUT2D eigenvalue weighted by Gasteiger charge is 2.14. The first kappa shape index (κ1) is 18.2. The lowest BCUT2D eigenvalue weighted by Crippen LogP contribution is -2.36. The number of aliphatic hydroxyl groups excluding tert-OH is 1. The molecule has 0 saturated heterocycles. The van der Waals surface area contributed by atoms with Crippen LogP contribution in [0.4, 0.5) is 5.69 Å². The second kappa shape index (κ2) is 9.26. The second-order valence-corrected chi connectivity index (χ2v) is 5.74. The van der Waals surface area contributed by atoms with Gasteiger partial charge in [-0.2, -0.15) is 0 Å². The predicted octanol–water partition coefficient (Wildman–Crippen LogP) is 3.33. The molecule has 0 bridgehead atoms. The predicted molar refractivity (Wildman–Crippen MR) is 88.3 cm³/mol. The number of amides is 1. The molecule has 0 atom stereocenters. The normalized spacial score (nSPS) is 11.0. The van der Waals surface area contributed by atoms with E-state index in [-0.39, 0.29) is 19.1 Å². The highest BCUT2D eigenvalue weighted by atomic mass is 35.5. The van der Waals surface area contributed by atoms with Gasteiger partial charge in [0.25, 0.3) is 0 Å². The molecule has 1 amide bonds. The zero-order valence-electron chi connectivity index (χ0n) is 12.5. The molecular weight excluding hydrogens is 311 g/mol. The maximum atomic E-state index is 12.1. The molecule has 4 nitrogen and oxygen atoms in total. The molecule has 1 rings (SSSR count). The van der Waals surface area contributed by atoms with Crippen LogP contribution in [0, 0.1) is 6.92 Å². The summed E-state index contributed by atoms with van der Waals surface area (Å²) >= 11 is 12.2. The summed E-state index contributed by atoms with van der Waals surface area (Å²) in [5, 5.41) is 12.7. The Balaban J connectivity index is 2.70. The number of nitrogens with zero attached hydrogens (tertiary/aromatic N) is 1. The van der Waals surface area contributed by atoms with E-state index in [4.69, 9.17) is 28.3 Å². The van der Waals surface area contributed by atoms with Gasteiger partial charge in [-0.1, -0.05) is 42.6 Å². The molecular formula is C15H22Cl2N2O2. The van der Waals surface area contributed by atoms with Crippen molar-refractivity contribution in [3.05, 3.63) is 27.7 Å². The Kier molecular flexibility index (Phi) is 8.04. The molecule has 0 fully saturated rings. The van der Waals surface area contributed by atoms with Gasteiger partial charge in [-0.25, -0.2) is 0 Å². The summed E-state index contributed by atoms with van der Waals surface area (Å²) in [5.41, 5.74) is 1.30. The highest BCUT2D eigenvalue weighted by Crippen LogP contribution is 2.32. The van der Waals surface area contributed by atoms with E-state index in [0.29, 0.717) is 22.3 Å². The topological polar surface area (TPSA) is 52.6 Å². The largest absolute Gasteiger partial charge is 0.395 e. The van der Waals surface area contributed by atoms with Crippen molar-refractivity contribution in [1.29, 1.82) is 0 Å². The Morgan fingerprint density at radius 2 is 2.05 bits per heavy atom. The van der Waals surface area contributed by atoms with Crippen LogP contribution in [0.5, 0.6) is 0 Å². The van der Waals surface area contributed by atoms with Crippen LogP contribution in [0.1, 0.15) is 25.3 Å². The van der Waals surface area contributed by atoms with Gasteiger partial charge < -0.3 is 10.4 Å². The van der Waals surface area contributed by atoms with Crippen LogP contribution in [0.3, 0.4) is 0 Å². The first-order valence-corrected chi connectivity index (χ1v) is 7.82. The van der Waals surface area contributed by atoms with Crippen molar-refractivity contribution in [1.82, 2.24) is 4.90 Å². The Bertz CT molecular complexity index is 481. The number of benzene rings is 1. The van der Waals surface area contributed by atoms with Crippen LogP contribution < -0.4 is 5.32 Å². The molecule has 0 radical (unpaired) electrons. The van der Waals surface area contributed by atoms with Crippen molar-refractivity contribution in [2.24, 2.45) is 0 Å². The summed E-state index contributed by atoms with van der Waals surface area (Å²) < 4.78 is 0. The Morgan fingerprint density at radius 3 is 2.67 bits per heavy atom. The van der Waals surface area contributed by atoms with Gasteiger partial charge in [-0.3, -0.25) is 9.69 Å². The van der Waals surface area contributed by atoms with Gasteiger partial charge in [-0.05, 0) is 31.5 Å². The lowest BCUT2D eigenvalue weighted by molar-refractivity contribution is -0.117. The van der Waals surface area contributed by atoms with Gasteiger partial charge in [0.1, 0.15) is 0 Å². The van der Waals surface area contributed by atoms with E-state index in [1.807, 2.05) is 11.8 Å². The van der Waals surface area contributed by atoms with Crippen molar-refractivity contribution < 1.29 is 9.90 Å². The van der Waals surface area contributed by atoms with Crippen LogP contribution in [0.2, 0.25) is 10.0 Å². The van der Waals surface area contributed by atoms with E-state index >= 15 is 0 Å². The lowest BCUT2D eigenvalue weighted by atomic mass is 10.2. The standard InChI is InChI=1S/C15H22Cl2N2O2/c1-3-4-7-19(8-9-20)10-13(21)18-15-12(16)6-5-11(2)14(15)17/h5-6,20H,3-4,7-10H2,1-2H3,(H,18,21). The number of aryl methyl sites for hydroxylation is 1. The highest BCUT2D eigenvalue weighted by molar-refractivity contribution is 6.40. The molecule has 0 heterocycles. The van der Waals surface area contributed by atoms with Gasteiger partial charge in [0.05, 0.1) is 28.9 Å². The first-order valence-electron chi connectivity index (χ1n) is 7.07. The molecule has 0 aliphatic heterocycles. The van der Waals surface area contributed by atoms with Crippen LogP contribution in [0.15, 0.2) is 12.1 Å². The number of aliphatic hydroxyl groups is 1. The number of hydrogen-bond donors (Lipinski definition) is 2. The fourth-order valence-electron chi connectivity index (χ4n) is 1.95. The average Bonchev–Trinajstić information content (AvgIpc) is 2.45. The van der Waals surface area contributed by atoms with Crippen LogP contribution in [-0.2, 0) is 4.79 Å². The smallest absolute Gasteiger partial charge is 0.238 e. The number of carbonyl (C=O) groups is 1. The Hall–Kier alpha value is -0.810. The monoisotopic (exact) mass is 332 g/mol. The SMILES string of the molecule is CCCCN(CCO)CC(=O)Nc1c(Cl)ccc(C)c1Cl. The van der Waals surface area contributed by atoms with E-state index in [9.17, 15) is 4.79 Å². The molecule has 2 N–H and O–H groups in total. The number of nitrogens with one attached hydrogen (secondary N) is 1. The minimum Gasteiger partial charge on any atom is -0.395 e. The minimum atomic E-state index is -0.186. The minimum absolute atomic E-state index is 0.0307. The van der Waals surface area contributed by atoms with Gasteiger partial charge in [0, 0.05) is 6.54 Å². The number of halogens is 2. The van der Waals surface area contributed by atoms with Gasteiger partial charge in [0.15, 0.2) is 0 Å². The summed E-state index contributed by atoms with van der Waals surface area (Å²) in [5.74, 6) is -0.186. The summed E-state index contributed by atoms with van der Waals surface area (Å²) in [6.07, 6.45) is 2.03. The molecule has 0 saturated carbocycles. The fourth-order valence-corrected chi connectivity index (χ4v) is 2.41. The molecule has 6 heteroatoms. The lowest BCUT2D eigenvalue weighted by Gasteiger charge is -2.21. The molecule has 0 aliphatic carbocycles. The van der Waals surface area contributed by atoms with E-state index < -0.39 is 0 Å². The van der Waals surface area contributed by atoms with Gasteiger partial charge in [-0.15, -0.1) is 0 Å². The third-order valence-electron chi connectivity index (χ3n) is 3.16. The van der Waals surface area contributed by atoms with Gasteiger partial charge >= 0.3 is 0 Å². The van der Waals surface area contributed by atoms with Crippen molar-refractivity contribution in [2.45, 2.75) is 26.7 Å². The Labute approximate surface area is 136 Å². The molecule has 1 aromatic carbocycles. The maximum absolute atomic E-state index is 12.1.